The van der Waals surface area contributed by atoms with Gasteiger partial charge >= 0.3 is 5.97 Å². The third-order valence-electron chi connectivity index (χ3n) is 4.65. The molecule has 2 aliphatic carbocycles. The van der Waals surface area contributed by atoms with E-state index < -0.39 is 5.97 Å². The van der Waals surface area contributed by atoms with Gasteiger partial charge < -0.3 is 10.0 Å². The van der Waals surface area contributed by atoms with Crippen LogP contribution in [0.25, 0.3) is 0 Å². The van der Waals surface area contributed by atoms with Gasteiger partial charge in [0.2, 0.25) is 5.91 Å². The molecule has 0 bridgehead atoms. The molecule has 1 N–H and O–H groups in total. The molecule has 4 nitrogen and oxygen atoms in total. The molecule has 18 heavy (non-hydrogen) atoms. The predicted octanol–water partition coefficient (Wildman–Crippen LogP) is 2.28. The van der Waals surface area contributed by atoms with Gasteiger partial charge in [0.1, 0.15) is 0 Å². The van der Waals surface area contributed by atoms with Crippen LogP contribution in [0.4, 0.5) is 0 Å². The monoisotopic (exact) mass is 253 g/mol. The van der Waals surface area contributed by atoms with E-state index in [1.165, 1.54) is 12.8 Å². The summed E-state index contributed by atoms with van der Waals surface area (Å²) in [6, 6.07) is 0.258. The summed E-state index contributed by atoms with van der Waals surface area (Å²) >= 11 is 0. The number of rotatable bonds is 3. The maximum atomic E-state index is 12.3. The first-order valence-corrected chi connectivity index (χ1v) is 7.09. The minimum Gasteiger partial charge on any atom is -0.481 e. The Morgan fingerprint density at radius 2 is 1.50 bits per heavy atom. The zero-order chi connectivity index (χ0) is 13.1. The molecule has 0 aliphatic heterocycles. The summed E-state index contributed by atoms with van der Waals surface area (Å²) < 4.78 is 0. The largest absolute Gasteiger partial charge is 0.481 e. The molecule has 1 amide bonds. The van der Waals surface area contributed by atoms with Gasteiger partial charge in [-0.3, -0.25) is 9.59 Å². The van der Waals surface area contributed by atoms with Crippen molar-refractivity contribution in [3.05, 3.63) is 0 Å². The molecule has 102 valence electrons. The van der Waals surface area contributed by atoms with Crippen LogP contribution in [0.3, 0.4) is 0 Å². The van der Waals surface area contributed by atoms with E-state index >= 15 is 0 Å². The quantitative estimate of drug-likeness (QED) is 0.839. The minimum absolute atomic E-state index is 0.198. The van der Waals surface area contributed by atoms with Gasteiger partial charge in [0.15, 0.2) is 0 Å². The number of hydrogen-bond acceptors (Lipinski definition) is 2. The smallest absolute Gasteiger partial charge is 0.306 e. The van der Waals surface area contributed by atoms with Crippen LogP contribution in [0.15, 0.2) is 0 Å². The Morgan fingerprint density at radius 3 is 2.00 bits per heavy atom. The number of carboxylic acids is 1. The van der Waals surface area contributed by atoms with Gasteiger partial charge in [-0.25, -0.2) is 0 Å². The highest BCUT2D eigenvalue weighted by Crippen LogP contribution is 2.31. The van der Waals surface area contributed by atoms with E-state index in [-0.39, 0.29) is 23.8 Å². The van der Waals surface area contributed by atoms with Crippen LogP contribution in [0.1, 0.15) is 51.4 Å². The van der Waals surface area contributed by atoms with Crippen molar-refractivity contribution in [2.45, 2.75) is 57.4 Å². The summed E-state index contributed by atoms with van der Waals surface area (Å²) in [5, 5.41) is 8.96. The van der Waals surface area contributed by atoms with Crippen molar-refractivity contribution in [1.82, 2.24) is 4.90 Å². The molecule has 0 aromatic carbocycles. The van der Waals surface area contributed by atoms with Crippen molar-refractivity contribution >= 4 is 11.9 Å². The summed E-state index contributed by atoms with van der Waals surface area (Å²) in [6.07, 6.45) is 7.52. The van der Waals surface area contributed by atoms with E-state index in [2.05, 4.69) is 0 Å². The maximum absolute atomic E-state index is 12.3. The number of aliphatic carboxylic acids is 1. The molecule has 0 spiro atoms. The van der Waals surface area contributed by atoms with Gasteiger partial charge in [-0.2, -0.15) is 0 Å². The molecular weight excluding hydrogens is 230 g/mol. The Balaban J connectivity index is 1.84. The van der Waals surface area contributed by atoms with Crippen molar-refractivity contribution < 1.29 is 14.7 Å². The first-order valence-electron chi connectivity index (χ1n) is 7.09. The predicted molar refractivity (Wildman–Crippen MR) is 68.1 cm³/mol. The van der Waals surface area contributed by atoms with Crippen molar-refractivity contribution in [2.24, 2.45) is 11.8 Å². The Labute approximate surface area is 108 Å². The van der Waals surface area contributed by atoms with Gasteiger partial charge in [0.05, 0.1) is 5.92 Å². The molecule has 0 aromatic heterocycles. The molecule has 2 saturated carbocycles. The van der Waals surface area contributed by atoms with Gasteiger partial charge in [-0.05, 0) is 38.5 Å². The van der Waals surface area contributed by atoms with Crippen LogP contribution in [0.2, 0.25) is 0 Å². The average molecular weight is 253 g/mol. The summed E-state index contributed by atoms with van der Waals surface area (Å²) in [5.74, 6) is -0.368. The number of nitrogens with zero attached hydrogens (tertiary/aromatic N) is 1. The Kier molecular flexibility index (Phi) is 4.25. The molecule has 0 heterocycles. The fourth-order valence-electron chi connectivity index (χ4n) is 3.35. The minimum atomic E-state index is -0.682. The first-order chi connectivity index (χ1) is 8.59. The average Bonchev–Trinajstić information content (AvgIpc) is 2.91. The molecule has 2 fully saturated rings. The van der Waals surface area contributed by atoms with E-state index in [0.717, 1.165) is 25.7 Å². The molecule has 0 aromatic rings. The fraction of sp³-hybridized carbons (Fsp3) is 0.857. The van der Waals surface area contributed by atoms with Crippen LogP contribution in [0.5, 0.6) is 0 Å². The third kappa shape index (κ3) is 2.85. The standard InChI is InChI=1S/C14H23NO3/c1-15(13(16)10-4-2-3-5-10)12-8-6-11(7-9-12)14(17)18/h10-12H,2-9H2,1H3,(H,17,18). The highest BCUT2D eigenvalue weighted by molar-refractivity contribution is 5.79. The summed E-state index contributed by atoms with van der Waals surface area (Å²) in [6.45, 7) is 0. The Morgan fingerprint density at radius 1 is 0.944 bits per heavy atom. The van der Waals surface area contributed by atoms with Crippen LogP contribution >= 0.6 is 0 Å². The molecule has 2 rings (SSSR count). The van der Waals surface area contributed by atoms with Crippen LogP contribution in [-0.4, -0.2) is 35.0 Å². The normalized spacial score (nSPS) is 29.2. The SMILES string of the molecule is CN(C(=O)C1CCCC1)C1CCC(C(=O)O)CC1. The van der Waals surface area contributed by atoms with E-state index in [1.807, 2.05) is 11.9 Å². The molecule has 0 unspecified atom stereocenters. The van der Waals surface area contributed by atoms with Crippen molar-refractivity contribution in [3.63, 3.8) is 0 Å². The van der Waals surface area contributed by atoms with E-state index in [0.29, 0.717) is 12.8 Å². The van der Waals surface area contributed by atoms with Gasteiger partial charge in [0, 0.05) is 19.0 Å². The van der Waals surface area contributed by atoms with Crippen LogP contribution in [-0.2, 0) is 9.59 Å². The number of carbonyl (C=O) groups excluding carboxylic acids is 1. The van der Waals surface area contributed by atoms with Crippen LogP contribution < -0.4 is 0 Å². The van der Waals surface area contributed by atoms with E-state index in [9.17, 15) is 9.59 Å². The number of carboxylic acid groups (broad SMARTS) is 1. The van der Waals surface area contributed by atoms with E-state index in [4.69, 9.17) is 5.11 Å². The second kappa shape index (κ2) is 5.72. The first kappa shape index (κ1) is 13.4. The van der Waals surface area contributed by atoms with Crippen molar-refractivity contribution in [2.75, 3.05) is 7.05 Å². The molecule has 0 radical (unpaired) electrons. The second-order valence-electron chi connectivity index (χ2n) is 5.77. The lowest BCUT2D eigenvalue weighted by atomic mass is 9.85. The third-order valence-corrected chi connectivity index (χ3v) is 4.65. The zero-order valence-corrected chi connectivity index (χ0v) is 11.1. The van der Waals surface area contributed by atoms with Gasteiger partial charge in [0.25, 0.3) is 0 Å². The lowest BCUT2D eigenvalue weighted by Gasteiger charge is -2.34. The topological polar surface area (TPSA) is 57.6 Å². The fourth-order valence-corrected chi connectivity index (χ4v) is 3.35. The molecule has 2 aliphatic rings. The van der Waals surface area contributed by atoms with Crippen LogP contribution in [0, 0.1) is 11.8 Å². The number of hydrogen-bond donors (Lipinski definition) is 1. The van der Waals surface area contributed by atoms with Gasteiger partial charge in [-0.1, -0.05) is 12.8 Å². The number of amides is 1. The number of carbonyl (C=O) groups is 2. The molecule has 0 atom stereocenters. The highest BCUT2D eigenvalue weighted by Gasteiger charge is 2.32. The zero-order valence-electron chi connectivity index (χ0n) is 11.1. The summed E-state index contributed by atoms with van der Waals surface area (Å²) in [7, 11) is 1.90. The molecule has 0 saturated heterocycles. The second-order valence-corrected chi connectivity index (χ2v) is 5.77. The van der Waals surface area contributed by atoms with Gasteiger partial charge in [-0.15, -0.1) is 0 Å². The van der Waals surface area contributed by atoms with E-state index in [1.54, 1.807) is 0 Å². The summed E-state index contributed by atoms with van der Waals surface area (Å²) in [5.41, 5.74) is 0. The summed E-state index contributed by atoms with van der Waals surface area (Å²) in [4.78, 5) is 25.1. The Bertz CT molecular complexity index is 315. The molecular formula is C14H23NO3. The lowest BCUT2D eigenvalue weighted by molar-refractivity contribution is -0.143. The maximum Gasteiger partial charge on any atom is 0.306 e. The molecule has 4 heteroatoms. The Hall–Kier alpha value is -1.06. The van der Waals surface area contributed by atoms with Crippen molar-refractivity contribution in [3.8, 4) is 0 Å². The lowest BCUT2D eigenvalue weighted by Crippen LogP contribution is -2.42. The highest BCUT2D eigenvalue weighted by atomic mass is 16.4. The van der Waals surface area contributed by atoms with Crippen molar-refractivity contribution in [1.29, 1.82) is 0 Å².